The topological polar surface area (TPSA) is 214 Å². The molecule has 0 spiro atoms. The van der Waals surface area contributed by atoms with Crippen LogP contribution in [0, 0.1) is 0 Å². The van der Waals surface area contributed by atoms with Crippen molar-refractivity contribution in [3.63, 3.8) is 0 Å². The first-order chi connectivity index (χ1) is 15.4. The van der Waals surface area contributed by atoms with Gasteiger partial charge in [0.05, 0.1) is 6.04 Å². The Kier molecular flexibility index (Phi) is 11.2. The van der Waals surface area contributed by atoms with Crippen LogP contribution in [-0.4, -0.2) is 69.7 Å². The van der Waals surface area contributed by atoms with Crippen molar-refractivity contribution >= 4 is 42.2 Å². The van der Waals surface area contributed by atoms with Crippen LogP contribution in [0.4, 0.5) is 0 Å². The molecule has 9 N–H and O–H groups in total. The van der Waals surface area contributed by atoms with Crippen LogP contribution < -0.4 is 27.4 Å². The number of nitrogens with one attached hydrogen (secondary N) is 3. The fourth-order valence-corrected chi connectivity index (χ4v) is 2.93. The summed E-state index contributed by atoms with van der Waals surface area (Å²) in [5.74, 6) is -4.22. The number of hydrogen-bond donors (Lipinski definition) is 8. The van der Waals surface area contributed by atoms with Gasteiger partial charge in [-0.3, -0.25) is 19.2 Å². The van der Waals surface area contributed by atoms with E-state index in [1.165, 1.54) is 19.1 Å². The second-order valence-electron chi connectivity index (χ2n) is 7.36. The Balaban J connectivity index is 2.63. The van der Waals surface area contributed by atoms with Crippen molar-refractivity contribution in [2.24, 2.45) is 11.5 Å². The van der Waals surface area contributed by atoms with Crippen molar-refractivity contribution < 1.29 is 34.2 Å². The summed E-state index contributed by atoms with van der Waals surface area (Å²) < 4.78 is 0. The number of carboxylic acid groups (broad SMARTS) is 1. The molecule has 0 saturated heterocycles. The highest BCUT2D eigenvalue weighted by Gasteiger charge is 2.28. The van der Waals surface area contributed by atoms with Gasteiger partial charge in [0.15, 0.2) is 0 Å². The largest absolute Gasteiger partial charge is 0.508 e. The number of carbonyl (C=O) groups excluding carboxylic acids is 4. The van der Waals surface area contributed by atoms with Crippen molar-refractivity contribution in [1.29, 1.82) is 0 Å². The number of hydrogen-bond acceptors (Lipinski definition) is 8. The summed E-state index contributed by atoms with van der Waals surface area (Å²) in [6.45, 7) is 1.33. The van der Waals surface area contributed by atoms with Crippen molar-refractivity contribution in [2.45, 2.75) is 50.4 Å². The van der Waals surface area contributed by atoms with Gasteiger partial charge < -0.3 is 37.6 Å². The zero-order chi connectivity index (χ0) is 25.1. The lowest BCUT2D eigenvalue weighted by atomic mass is 10.1. The zero-order valence-electron chi connectivity index (χ0n) is 18.0. The maximum absolute atomic E-state index is 12.5. The van der Waals surface area contributed by atoms with Gasteiger partial charge in [0.2, 0.25) is 23.6 Å². The molecular formula is C20H29N5O7S. The lowest BCUT2D eigenvalue weighted by molar-refractivity contribution is -0.142. The number of aromatic hydroxyl groups is 1. The second-order valence-corrected chi connectivity index (χ2v) is 7.72. The molecule has 4 unspecified atom stereocenters. The average molecular weight is 484 g/mol. The minimum absolute atomic E-state index is 0.0734. The summed E-state index contributed by atoms with van der Waals surface area (Å²) in [5.41, 5.74) is 11.6. The predicted molar refractivity (Wildman–Crippen MR) is 121 cm³/mol. The molecule has 12 nitrogen and oxygen atoms in total. The standard InChI is InChI=1S/C20H29N5O7S/c1-10(17(28)24-14(20(31)32)6-7-16(22)27)23-19(30)15(9-33)25-18(29)13(21)8-11-2-4-12(26)5-3-11/h2-5,10,13-15,26,33H,6-9,21H2,1H3,(H2,22,27)(H,23,30)(H,24,28)(H,25,29)(H,31,32). The number of thiol groups is 1. The SMILES string of the molecule is CC(NC(=O)C(CS)NC(=O)C(N)Cc1ccc(O)cc1)C(=O)NC(CCC(N)=O)C(=O)O. The summed E-state index contributed by atoms with van der Waals surface area (Å²) in [6.07, 6.45) is -0.283. The summed E-state index contributed by atoms with van der Waals surface area (Å²) in [4.78, 5) is 59.2. The van der Waals surface area contributed by atoms with Crippen molar-refractivity contribution in [3.8, 4) is 5.75 Å². The molecule has 4 atom stereocenters. The first-order valence-corrected chi connectivity index (χ1v) is 10.6. The van der Waals surface area contributed by atoms with Crippen LogP contribution in [0.3, 0.4) is 0 Å². The number of benzene rings is 1. The number of phenols is 1. The molecule has 0 bridgehead atoms. The predicted octanol–water partition coefficient (Wildman–Crippen LogP) is -1.98. The second kappa shape index (κ2) is 13.3. The van der Waals surface area contributed by atoms with Crippen LogP contribution in [0.5, 0.6) is 5.75 Å². The Morgan fingerprint density at radius 2 is 1.55 bits per heavy atom. The molecule has 33 heavy (non-hydrogen) atoms. The molecule has 1 aromatic carbocycles. The number of amides is 4. The van der Waals surface area contributed by atoms with Gasteiger partial charge >= 0.3 is 5.97 Å². The van der Waals surface area contributed by atoms with Crippen LogP contribution >= 0.6 is 12.6 Å². The molecule has 0 aliphatic heterocycles. The molecule has 0 saturated carbocycles. The van der Waals surface area contributed by atoms with E-state index < -0.39 is 53.8 Å². The van der Waals surface area contributed by atoms with Gasteiger partial charge in [0.1, 0.15) is 23.9 Å². The molecule has 1 rings (SSSR count). The van der Waals surface area contributed by atoms with Gasteiger partial charge in [0, 0.05) is 12.2 Å². The molecule has 4 amide bonds. The Hall–Kier alpha value is -3.32. The average Bonchev–Trinajstić information content (AvgIpc) is 2.75. The van der Waals surface area contributed by atoms with Crippen LogP contribution in [0.2, 0.25) is 0 Å². The highest BCUT2D eigenvalue weighted by molar-refractivity contribution is 7.80. The van der Waals surface area contributed by atoms with Gasteiger partial charge in [-0.2, -0.15) is 12.6 Å². The zero-order valence-corrected chi connectivity index (χ0v) is 18.9. The third-order valence-corrected chi connectivity index (χ3v) is 4.96. The highest BCUT2D eigenvalue weighted by Crippen LogP contribution is 2.11. The fraction of sp³-hybridized carbons (Fsp3) is 0.450. The van der Waals surface area contributed by atoms with Crippen molar-refractivity contribution in [3.05, 3.63) is 29.8 Å². The number of aliphatic carboxylic acids is 1. The van der Waals surface area contributed by atoms with E-state index in [2.05, 4.69) is 28.6 Å². The smallest absolute Gasteiger partial charge is 0.326 e. The third kappa shape index (κ3) is 9.78. The van der Waals surface area contributed by atoms with E-state index >= 15 is 0 Å². The number of primary amides is 1. The van der Waals surface area contributed by atoms with Gasteiger partial charge in [-0.05, 0) is 37.5 Å². The molecule has 0 heterocycles. The van der Waals surface area contributed by atoms with Gasteiger partial charge in [-0.15, -0.1) is 0 Å². The molecule has 182 valence electrons. The van der Waals surface area contributed by atoms with Crippen LogP contribution in [-0.2, 0) is 30.4 Å². The van der Waals surface area contributed by atoms with Crippen molar-refractivity contribution in [2.75, 3.05) is 5.75 Å². The molecular weight excluding hydrogens is 454 g/mol. The Labute approximate surface area is 195 Å². The summed E-state index contributed by atoms with van der Waals surface area (Å²) in [6, 6.07) is 1.55. The third-order valence-electron chi connectivity index (χ3n) is 4.59. The number of carbonyl (C=O) groups is 5. The van der Waals surface area contributed by atoms with Crippen LogP contribution in [0.15, 0.2) is 24.3 Å². The normalized spacial score (nSPS) is 14.3. The number of nitrogens with two attached hydrogens (primary N) is 2. The minimum Gasteiger partial charge on any atom is -0.508 e. The maximum atomic E-state index is 12.5. The van der Waals surface area contributed by atoms with E-state index in [0.717, 1.165) is 0 Å². The first-order valence-electron chi connectivity index (χ1n) is 10.0. The fourth-order valence-electron chi connectivity index (χ4n) is 2.67. The van der Waals surface area contributed by atoms with Gasteiger partial charge in [-0.1, -0.05) is 12.1 Å². The lowest BCUT2D eigenvalue weighted by Gasteiger charge is -2.22. The number of rotatable bonds is 13. The van der Waals surface area contributed by atoms with Crippen LogP contribution in [0.1, 0.15) is 25.3 Å². The van der Waals surface area contributed by atoms with Crippen molar-refractivity contribution in [1.82, 2.24) is 16.0 Å². The van der Waals surface area contributed by atoms with Gasteiger partial charge in [0.25, 0.3) is 0 Å². The first kappa shape index (κ1) is 27.7. The summed E-state index contributed by atoms with van der Waals surface area (Å²) >= 11 is 4.05. The minimum atomic E-state index is -1.36. The molecule has 0 aliphatic carbocycles. The molecule has 0 aliphatic rings. The van der Waals surface area contributed by atoms with E-state index in [9.17, 15) is 29.1 Å². The van der Waals surface area contributed by atoms with Crippen LogP contribution in [0.25, 0.3) is 0 Å². The molecule has 0 fully saturated rings. The van der Waals surface area contributed by atoms with Gasteiger partial charge in [-0.25, -0.2) is 4.79 Å². The molecule has 13 heteroatoms. The number of phenolic OH excluding ortho intramolecular Hbond substituents is 1. The summed E-state index contributed by atoms with van der Waals surface area (Å²) in [5, 5.41) is 25.5. The maximum Gasteiger partial charge on any atom is 0.326 e. The Morgan fingerprint density at radius 3 is 2.06 bits per heavy atom. The monoisotopic (exact) mass is 483 g/mol. The van der Waals surface area contributed by atoms with E-state index in [-0.39, 0.29) is 30.8 Å². The van der Waals surface area contributed by atoms with E-state index in [1.54, 1.807) is 12.1 Å². The Bertz CT molecular complexity index is 865. The number of carboxylic acids is 1. The molecule has 1 aromatic rings. The molecule has 0 radical (unpaired) electrons. The van der Waals surface area contributed by atoms with E-state index in [1.807, 2.05) is 0 Å². The highest BCUT2D eigenvalue weighted by atomic mass is 32.1. The quantitative estimate of drug-likeness (QED) is 0.147. The Morgan fingerprint density at radius 1 is 0.970 bits per heavy atom. The van der Waals surface area contributed by atoms with E-state index in [0.29, 0.717) is 5.56 Å². The lowest BCUT2D eigenvalue weighted by Crippen LogP contribution is -2.57. The summed E-state index contributed by atoms with van der Waals surface area (Å²) in [7, 11) is 0. The molecule has 0 aromatic heterocycles. The van der Waals surface area contributed by atoms with E-state index in [4.69, 9.17) is 16.6 Å².